The highest BCUT2D eigenvalue weighted by molar-refractivity contribution is 5.32. The highest BCUT2D eigenvalue weighted by Gasteiger charge is 2.39. The van der Waals surface area contributed by atoms with Crippen molar-refractivity contribution in [2.24, 2.45) is 5.92 Å². The van der Waals surface area contributed by atoms with E-state index >= 15 is 0 Å². The molecular weight excluding hydrogens is 344 g/mol. The average molecular weight is 368 g/mol. The zero-order valence-corrected chi connectivity index (χ0v) is 14.9. The molecule has 0 atom stereocenters. The van der Waals surface area contributed by atoms with Gasteiger partial charge in [-0.15, -0.1) is 0 Å². The largest absolute Gasteiger partial charge is 0.429 e. The van der Waals surface area contributed by atoms with E-state index in [1.54, 1.807) is 12.1 Å². The van der Waals surface area contributed by atoms with Crippen molar-refractivity contribution in [2.75, 3.05) is 0 Å². The summed E-state index contributed by atoms with van der Waals surface area (Å²) in [5, 5.41) is 0. The highest BCUT2D eigenvalue weighted by atomic mass is 19.3. The monoisotopic (exact) mass is 368 g/mol. The second-order valence-electron chi connectivity index (χ2n) is 7.20. The predicted molar refractivity (Wildman–Crippen MR) is 94.5 cm³/mol. The van der Waals surface area contributed by atoms with Crippen molar-refractivity contribution < 1.29 is 23.7 Å². The van der Waals surface area contributed by atoms with Crippen LogP contribution in [0.3, 0.4) is 0 Å². The molecule has 1 nitrogen and oxygen atoms in total. The third kappa shape index (κ3) is 3.87. The average Bonchev–Trinajstić information content (AvgIpc) is 2.60. The fourth-order valence-electron chi connectivity index (χ4n) is 3.48. The van der Waals surface area contributed by atoms with Crippen molar-refractivity contribution >= 4 is 0 Å². The summed E-state index contributed by atoms with van der Waals surface area (Å²) in [6.07, 6.45) is 0.551. The molecule has 2 aromatic rings. The fourth-order valence-corrected chi connectivity index (χ4v) is 3.48. The third-order valence-corrected chi connectivity index (χ3v) is 5.20. The summed E-state index contributed by atoms with van der Waals surface area (Å²) in [5.41, 5.74) is -0.0423. The minimum Gasteiger partial charge on any atom is -0.429 e. The third-order valence-electron chi connectivity index (χ3n) is 5.20. The topological polar surface area (TPSA) is 9.23 Å². The van der Waals surface area contributed by atoms with E-state index in [-0.39, 0.29) is 12.7 Å². The maximum Gasteiger partial charge on any atom is 0.429 e. The molecule has 1 fully saturated rings. The van der Waals surface area contributed by atoms with Gasteiger partial charge in [0.1, 0.15) is 11.3 Å². The highest BCUT2D eigenvalue weighted by Crippen LogP contribution is 2.38. The molecule has 0 amide bonds. The molecule has 0 aromatic heterocycles. The summed E-state index contributed by atoms with van der Waals surface area (Å²) in [6.45, 7) is 3.55. The molecule has 142 valence electrons. The number of rotatable bonds is 4. The molecule has 0 N–H and O–H groups in total. The van der Waals surface area contributed by atoms with Crippen LogP contribution in [0.2, 0.25) is 0 Å². The first-order valence-electron chi connectivity index (χ1n) is 8.90. The Morgan fingerprint density at radius 1 is 0.923 bits per heavy atom. The number of benzene rings is 2. The first-order chi connectivity index (χ1) is 12.3. The number of hydrogen-bond acceptors (Lipinski definition) is 1. The van der Waals surface area contributed by atoms with Crippen molar-refractivity contribution in [3.8, 4) is 5.75 Å². The zero-order chi connectivity index (χ0) is 18.9. The Kier molecular flexibility index (Phi) is 5.26. The summed E-state index contributed by atoms with van der Waals surface area (Å²) < 4.78 is 60.7. The van der Waals surface area contributed by atoms with Gasteiger partial charge >= 0.3 is 6.11 Å². The molecule has 0 saturated heterocycles. The van der Waals surface area contributed by atoms with E-state index in [4.69, 9.17) is 0 Å². The van der Waals surface area contributed by atoms with Gasteiger partial charge in [0.05, 0.1) is 0 Å². The molecule has 5 heteroatoms. The molecule has 0 radical (unpaired) electrons. The lowest BCUT2D eigenvalue weighted by molar-refractivity contribution is -0.187. The number of ether oxygens (including phenoxy) is 1. The van der Waals surface area contributed by atoms with Crippen LogP contribution in [0.5, 0.6) is 5.75 Å². The van der Waals surface area contributed by atoms with Gasteiger partial charge in [-0.2, -0.15) is 8.78 Å². The summed E-state index contributed by atoms with van der Waals surface area (Å²) in [4.78, 5) is 0. The van der Waals surface area contributed by atoms with Crippen molar-refractivity contribution in [1.29, 1.82) is 0 Å². The van der Waals surface area contributed by atoms with Crippen LogP contribution < -0.4 is 4.74 Å². The molecule has 0 spiro atoms. The number of alkyl halides is 2. The van der Waals surface area contributed by atoms with Gasteiger partial charge in [0.15, 0.2) is 11.6 Å². The van der Waals surface area contributed by atoms with Crippen LogP contribution in [0, 0.1) is 24.5 Å². The van der Waals surface area contributed by atoms with Crippen LogP contribution in [-0.4, -0.2) is 0 Å². The SMILES string of the molecule is Cc1ccc(C(F)(F)Oc2ccc(C3CCC(C)CC3)cc2)c(F)c1F.[HH]. The summed E-state index contributed by atoms with van der Waals surface area (Å²) >= 11 is 0. The van der Waals surface area contributed by atoms with E-state index in [1.807, 2.05) is 0 Å². The van der Waals surface area contributed by atoms with Crippen molar-refractivity contribution in [3.63, 3.8) is 0 Å². The molecule has 2 aromatic carbocycles. The lowest BCUT2D eigenvalue weighted by atomic mass is 9.79. The molecule has 0 unspecified atom stereocenters. The molecule has 1 aliphatic carbocycles. The molecule has 26 heavy (non-hydrogen) atoms. The first-order valence-corrected chi connectivity index (χ1v) is 8.90. The Bertz CT molecular complexity index is 768. The smallest absolute Gasteiger partial charge is 0.429 e. The quantitative estimate of drug-likeness (QED) is 0.531. The Morgan fingerprint density at radius 2 is 1.54 bits per heavy atom. The maximum absolute atomic E-state index is 14.3. The van der Waals surface area contributed by atoms with E-state index in [0.717, 1.165) is 36.5 Å². The van der Waals surface area contributed by atoms with E-state index in [0.29, 0.717) is 5.92 Å². The van der Waals surface area contributed by atoms with Crippen LogP contribution in [0.15, 0.2) is 36.4 Å². The molecule has 0 bridgehead atoms. The van der Waals surface area contributed by atoms with Gasteiger partial charge in [-0.25, -0.2) is 8.78 Å². The number of hydrogen-bond donors (Lipinski definition) is 0. The van der Waals surface area contributed by atoms with Crippen LogP contribution >= 0.6 is 0 Å². The summed E-state index contributed by atoms with van der Waals surface area (Å²) in [6, 6.07) is 8.44. The minimum atomic E-state index is -3.96. The Balaban J connectivity index is 0.00000261. The fraction of sp³-hybridized carbons (Fsp3) is 0.429. The predicted octanol–water partition coefficient (Wildman–Crippen LogP) is 6.94. The van der Waals surface area contributed by atoms with Gasteiger partial charge in [0.25, 0.3) is 0 Å². The van der Waals surface area contributed by atoms with Gasteiger partial charge in [-0.05, 0) is 60.9 Å². The second kappa shape index (κ2) is 7.29. The zero-order valence-electron chi connectivity index (χ0n) is 14.9. The lowest BCUT2D eigenvalue weighted by Crippen LogP contribution is -2.24. The first kappa shape index (κ1) is 18.7. The number of aryl methyl sites for hydroxylation is 1. The lowest BCUT2D eigenvalue weighted by Gasteiger charge is -2.26. The van der Waals surface area contributed by atoms with Crippen molar-refractivity contribution in [1.82, 2.24) is 0 Å². The van der Waals surface area contributed by atoms with Crippen LogP contribution in [0.25, 0.3) is 0 Å². The molecule has 0 aliphatic heterocycles. The summed E-state index contributed by atoms with van der Waals surface area (Å²) in [7, 11) is 0. The van der Waals surface area contributed by atoms with Gasteiger partial charge in [0, 0.05) is 1.43 Å². The molecule has 3 rings (SSSR count). The van der Waals surface area contributed by atoms with Gasteiger partial charge < -0.3 is 4.74 Å². The van der Waals surface area contributed by atoms with Gasteiger partial charge in [-0.1, -0.05) is 38.0 Å². The van der Waals surface area contributed by atoms with Crippen LogP contribution in [-0.2, 0) is 6.11 Å². The number of halogens is 4. The van der Waals surface area contributed by atoms with Gasteiger partial charge in [0.2, 0.25) is 0 Å². The molecule has 1 aliphatic rings. The van der Waals surface area contributed by atoms with Crippen molar-refractivity contribution in [2.45, 2.75) is 51.6 Å². The maximum atomic E-state index is 14.3. The van der Waals surface area contributed by atoms with Crippen LogP contribution in [0.4, 0.5) is 17.6 Å². The Labute approximate surface area is 152 Å². The van der Waals surface area contributed by atoms with Crippen molar-refractivity contribution in [3.05, 3.63) is 64.7 Å². The van der Waals surface area contributed by atoms with E-state index < -0.39 is 23.3 Å². The minimum absolute atomic E-state index is 0. The molecule has 0 heterocycles. The van der Waals surface area contributed by atoms with Gasteiger partial charge in [-0.3, -0.25) is 0 Å². The van der Waals surface area contributed by atoms with E-state index in [9.17, 15) is 17.6 Å². The van der Waals surface area contributed by atoms with E-state index in [1.165, 1.54) is 31.9 Å². The molecular formula is C21H24F4O. The molecule has 1 saturated carbocycles. The Morgan fingerprint density at radius 3 is 2.15 bits per heavy atom. The Hall–Kier alpha value is -2.04. The van der Waals surface area contributed by atoms with E-state index in [2.05, 4.69) is 11.7 Å². The standard InChI is InChI=1S/C21H22F4O.H2/c1-13-3-6-15(7-4-13)16-8-10-17(11-9-16)26-21(24,25)18-12-5-14(2)19(22)20(18)23;/h5,8-13,15H,3-4,6-7H2,1-2H3;1H. The van der Waals surface area contributed by atoms with Crippen LogP contribution in [0.1, 0.15) is 56.6 Å². The second-order valence-corrected chi connectivity index (χ2v) is 7.20. The summed E-state index contributed by atoms with van der Waals surface area (Å²) in [5.74, 6) is -1.78. The normalized spacial score (nSPS) is 20.8.